The van der Waals surface area contributed by atoms with Crippen molar-refractivity contribution in [1.29, 1.82) is 0 Å². The van der Waals surface area contributed by atoms with E-state index in [1.807, 2.05) is 0 Å². The fourth-order valence-electron chi connectivity index (χ4n) is 0.718. The molecule has 0 fully saturated rings. The molecule has 3 nitrogen and oxygen atoms in total. The number of nitrogens with zero attached hydrogens (tertiary/aromatic N) is 1. The van der Waals surface area contributed by atoms with Gasteiger partial charge in [-0.2, -0.15) is 0 Å². The Bertz CT molecular complexity index is 227. The van der Waals surface area contributed by atoms with Gasteiger partial charge in [0.15, 0.2) is 0 Å². The molecule has 3 heteroatoms. The molecular weight excluding hydrogens is 176 g/mol. The van der Waals surface area contributed by atoms with Gasteiger partial charge in [-0.25, -0.2) is 0 Å². The van der Waals surface area contributed by atoms with Crippen LogP contribution in [0.5, 0.6) is 0 Å². The Labute approximate surface area is 86.9 Å². The van der Waals surface area contributed by atoms with Crippen LogP contribution in [-0.4, -0.2) is 37.0 Å². The Balaban J connectivity index is 3.58. The van der Waals surface area contributed by atoms with Crippen LogP contribution < -0.4 is 5.32 Å². The molecule has 0 spiro atoms. The largest absolute Gasteiger partial charge is 0.335 e. The highest BCUT2D eigenvalue weighted by atomic mass is 16.2. The summed E-state index contributed by atoms with van der Waals surface area (Å²) >= 11 is 0. The number of amides is 1. The quantitative estimate of drug-likeness (QED) is 0.676. The summed E-state index contributed by atoms with van der Waals surface area (Å²) in [7, 11) is 1.75. The smallest absolute Gasteiger partial charge is 0.219 e. The molecular formula is C11H20N2O. The molecule has 0 bridgehead atoms. The molecule has 1 unspecified atom stereocenters. The van der Waals surface area contributed by atoms with Crippen LogP contribution in [0.15, 0.2) is 0 Å². The molecule has 0 radical (unpaired) electrons. The monoisotopic (exact) mass is 196 g/mol. The topological polar surface area (TPSA) is 32.3 Å². The van der Waals surface area contributed by atoms with E-state index in [0.717, 1.165) is 6.42 Å². The van der Waals surface area contributed by atoms with Crippen molar-refractivity contribution in [2.24, 2.45) is 0 Å². The predicted octanol–water partition coefficient (Wildman–Crippen LogP) is 0.856. The van der Waals surface area contributed by atoms with Gasteiger partial charge >= 0.3 is 0 Å². The van der Waals surface area contributed by atoms with Gasteiger partial charge in [-0.3, -0.25) is 4.79 Å². The lowest BCUT2D eigenvalue weighted by Gasteiger charge is -2.09. The van der Waals surface area contributed by atoms with E-state index in [4.69, 9.17) is 0 Å². The first-order valence-electron chi connectivity index (χ1n) is 4.98. The second kappa shape index (κ2) is 7.40. The molecule has 0 rings (SSSR count). The van der Waals surface area contributed by atoms with Crippen LogP contribution >= 0.6 is 0 Å². The highest BCUT2D eigenvalue weighted by Gasteiger charge is 1.97. The van der Waals surface area contributed by atoms with Crippen LogP contribution in [0.4, 0.5) is 0 Å². The van der Waals surface area contributed by atoms with Crippen molar-refractivity contribution in [3.8, 4) is 11.8 Å². The molecule has 14 heavy (non-hydrogen) atoms. The summed E-state index contributed by atoms with van der Waals surface area (Å²) in [6, 6.07) is 0.509. The van der Waals surface area contributed by atoms with E-state index in [1.165, 1.54) is 0 Å². The van der Waals surface area contributed by atoms with Crippen LogP contribution in [0.3, 0.4) is 0 Å². The zero-order chi connectivity index (χ0) is 11.0. The van der Waals surface area contributed by atoms with Crippen molar-refractivity contribution in [1.82, 2.24) is 10.2 Å². The van der Waals surface area contributed by atoms with Crippen molar-refractivity contribution in [2.75, 3.05) is 20.1 Å². The van der Waals surface area contributed by atoms with E-state index in [1.54, 1.807) is 18.9 Å². The molecule has 0 aliphatic rings. The normalized spacial score (nSPS) is 11.4. The predicted molar refractivity (Wildman–Crippen MR) is 58.8 cm³/mol. The third-order valence-electron chi connectivity index (χ3n) is 2.13. The second-order valence-corrected chi connectivity index (χ2v) is 3.42. The molecule has 0 aliphatic carbocycles. The number of rotatable bonds is 4. The molecule has 1 amide bonds. The van der Waals surface area contributed by atoms with E-state index < -0.39 is 0 Å². The van der Waals surface area contributed by atoms with Crippen molar-refractivity contribution in [3.05, 3.63) is 0 Å². The van der Waals surface area contributed by atoms with Crippen molar-refractivity contribution >= 4 is 5.91 Å². The molecule has 0 aromatic rings. The maximum absolute atomic E-state index is 10.8. The SMILES string of the molecule is CCC(C)NCC#CCN(C)C(C)=O. The minimum Gasteiger partial charge on any atom is -0.335 e. The average Bonchev–Trinajstić information content (AvgIpc) is 2.16. The lowest BCUT2D eigenvalue weighted by atomic mass is 10.3. The first-order valence-corrected chi connectivity index (χ1v) is 4.98. The van der Waals surface area contributed by atoms with Crippen LogP contribution in [0.25, 0.3) is 0 Å². The summed E-state index contributed by atoms with van der Waals surface area (Å²) in [4.78, 5) is 12.4. The first-order chi connectivity index (χ1) is 6.57. The van der Waals surface area contributed by atoms with E-state index in [0.29, 0.717) is 19.1 Å². The van der Waals surface area contributed by atoms with Gasteiger partial charge in [-0.15, -0.1) is 0 Å². The maximum atomic E-state index is 10.8. The van der Waals surface area contributed by atoms with E-state index in [2.05, 4.69) is 31.0 Å². The lowest BCUT2D eigenvalue weighted by Crippen LogP contribution is -2.26. The van der Waals surface area contributed by atoms with Gasteiger partial charge in [0.1, 0.15) is 0 Å². The van der Waals surface area contributed by atoms with Crippen LogP contribution in [0.2, 0.25) is 0 Å². The zero-order valence-corrected chi connectivity index (χ0v) is 9.55. The van der Waals surface area contributed by atoms with Crippen LogP contribution in [0, 0.1) is 11.8 Å². The minimum absolute atomic E-state index is 0.0502. The number of nitrogens with one attached hydrogen (secondary N) is 1. The highest BCUT2D eigenvalue weighted by molar-refractivity contribution is 5.73. The third-order valence-corrected chi connectivity index (χ3v) is 2.13. The highest BCUT2D eigenvalue weighted by Crippen LogP contribution is 1.85. The molecule has 0 saturated heterocycles. The lowest BCUT2D eigenvalue weighted by molar-refractivity contribution is -0.126. The van der Waals surface area contributed by atoms with Crippen LogP contribution in [0.1, 0.15) is 27.2 Å². The van der Waals surface area contributed by atoms with Gasteiger partial charge in [0.25, 0.3) is 0 Å². The molecule has 80 valence electrons. The molecule has 0 aromatic heterocycles. The fraction of sp³-hybridized carbons (Fsp3) is 0.727. The number of hydrogen-bond acceptors (Lipinski definition) is 2. The number of carbonyl (C=O) groups is 1. The second-order valence-electron chi connectivity index (χ2n) is 3.42. The molecule has 1 N–H and O–H groups in total. The Kier molecular flexibility index (Phi) is 6.87. The number of carbonyl (C=O) groups excluding carboxylic acids is 1. The van der Waals surface area contributed by atoms with E-state index >= 15 is 0 Å². The Morgan fingerprint density at radius 2 is 2.14 bits per heavy atom. The molecule has 0 aliphatic heterocycles. The zero-order valence-electron chi connectivity index (χ0n) is 9.55. The Morgan fingerprint density at radius 1 is 1.50 bits per heavy atom. The molecule has 0 aromatic carbocycles. The van der Waals surface area contributed by atoms with Crippen molar-refractivity contribution in [2.45, 2.75) is 33.2 Å². The minimum atomic E-state index is 0.0502. The van der Waals surface area contributed by atoms with E-state index in [-0.39, 0.29) is 5.91 Å². The van der Waals surface area contributed by atoms with Gasteiger partial charge in [-0.1, -0.05) is 18.8 Å². The van der Waals surface area contributed by atoms with Gasteiger partial charge < -0.3 is 10.2 Å². The summed E-state index contributed by atoms with van der Waals surface area (Å²) < 4.78 is 0. The standard InChI is InChI=1S/C11H20N2O/c1-5-10(2)12-8-6-7-9-13(4)11(3)14/h10,12H,5,8-9H2,1-4H3. The molecule has 1 atom stereocenters. The van der Waals surface area contributed by atoms with Gasteiger partial charge in [0, 0.05) is 20.0 Å². The summed E-state index contributed by atoms with van der Waals surface area (Å²) in [5.41, 5.74) is 0. The maximum Gasteiger partial charge on any atom is 0.219 e. The fourth-order valence-corrected chi connectivity index (χ4v) is 0.718. The van der Waals surface area contributed by atoms with Gasteiger partial charge in [0.05, 0.1) is 13.1 Å². The molecule has 0 heterocycles. The summed E-state index contributed by atoms with van der Waals surface area (Å²) in [5.74, 6) is 5.97. The Morgan fingerprint density at radius 3 is 2.64 bits per heavy atom. The average molecular weight is 196 g/mol. The summed E-state index contributed by atoms with van der Waals surface area (Å²) in [5, 5.41) is 3.26. The summed E-state index contributed by atoms with van der Waals surface area (Å²) in [6.07, 6.45) is 1.11. The van der Waals surface area contributed by atoms with E-state index in [9.17, 15) is 4.79 Å². The van der Waals surface area contributed by atoms with Crippen LogP contribution in [-0.2, 0) is 4.79 Å². The molecule has 0 saturated carbocycles. The van der Waals surface area contributed by atoms with Gasteiger partial charge in [-0.05, 0) is 13.3 Å². The Hall–Kier alpha value is -1.01. The number of hydrogen-bond donors (Lipinski definition) is 1. The first kappa shape index (κ1) is 13.0. The third kappa shape index (κ3) is 6.50. The summed E-state index contributed by atoms with van der Waals surface area (Å²) in [6.45, 7) is 7.01. The van der Waals surface area contributed by atoms with Gasteiger partial charge in [0.2, 0.25) is 5.91 Å². The van der Waals surface area contributed by atoms with Crippen molar-refractivity contribution < 1.29 is 4.79 Å². The van der Waals surface area contributed by atoms with Crippen molar-refractivity contribution in [3.63, 3.8) is 0 Å².